The summed E-state index contributed by atoms with van der Waals surface area (Å²) >= 11 is 0. The summed E-state index contributed by atoms with van der Waals surface area (Å²) in [5, 5.41) is 2.26. The van der Waals surface area contributed by atoms with Gasteiger partial charge in [0.15, 0.2) is 0 Å². The number of hydrogen-bond acceptors (Lipinski definition) is 2. The third kappa shape index (κ3) is 4.72. The van der Waals surface area contributed by atoms with Crippen molar-refractivity contribution in [1.82, 2.24) is 0 Å². The van der Waals surface area contributed by atoms with Crippen molar-refractivity contribution in [3.8, 4) is 23.5 Å². The van der Waals surface area contributed by atoms with Gasteiger partial charge in [0.2, 0.25) is 0 Å². The number of hydrogen-bond donors (Lipinski definition) is 1. The molecule has 0 saturated heterocycles. The summed E-state index contributed by atoms with van der Waals surface area (Å²) in [6, 6.07) is 16.0. The lowest BCUT2D eigenvalue weighted by Crippen LogP contribution is -2.09. The van der Waals surface area contributed by atoms with Gasteiger partial charge in [0.25, 0.3) is 0 Å². The molecule has 0 atom stereocenters. The molecule has 0 spiro atoms. The van der Waals surface area contributed by atoms with Crippen LogP contribution < -0.4 is 4.72 Å². The lowest BCUT2D eigenvalue weighted by atomic mass is 10.2. The zero-order valence-electron chi connectivity index (χ0n) is 11.2. The molecule has 0 aliphatic carbocycles. The highest BCUT2D eigenvalue weighted by molar-refractivity contribution is 7.97. The maximum Gasteiger partial charge on any atom is 0.301 e. The van der Waals surface area contributed by atoms with Gasteiger partial charge in [-0.3, -0.25) is 4.72 Å². The molecule has 2 aromatic carbocycles. The van der Waals surface area contributed by atoms with E-state index < -0.39 is 10.0 Å². The van der Waals surface area contributed by atoms with Gasteiger partial charge < -0.3 is 0 Å². The average molecular weight is 295 g/mol. The van der Waals surface area contributed by atoms with Crippen LogP contribution in [0.15, 0.2) is 54.6 Å². The first-order valence-electron chi connectivity index (χ1n) is 6.22. The average Bonchev–Trinajstić information content (AvgIpc) is 2.48. The van der Waals surface area contributed by atoms with E-state index in [1.54, 1.807) is 24.3 Å². The van der Waals surface area contributed by atoms with E-state index >= 15 is 0 Å². The maximum atomic E-state index is 11.8. The van der Waals surface area contributed by atoms with Crippen LogP contribution in [0, 0.1) is 23.5 Å². The molecule has 2 aromatic rings. The molecule has 0 heterocycles. The highest BCUT2D eigenvalue weighted by Gasteiger charge is 2.05. The first-order valence-corrected chi connectivity index (χ1v) is 7.70. The Morgan fingerprint density at radius 2 is 1.67 bits per heavy atom. The lowest BCUT2D eigenvalue weighted by molar-refractivity contribution is 0.611. The van der Waals surface area contributed by atoms with Crippen molar-refractivity contribution in [2.45, 2.75) is 6.42 Å². The van der Waals surface area contributed by atoms with E-state index in [1.165, 1.54) is 0 Å². The summed E-state index contributed by atoms with van der Waals surface area (Å²) < 4.78 is 26.0. The van der Waals surface area contributed by atoms with E-state index in [2.05, 4.69) is 21.8 Å². The zero-order chi connectivity index (χ0) is 15.1. The summed E-state index contributed by atoms with van der Waals surface area (Å²) in [6.07, 6.45) is 5.62. The fourth-order valence-electron chi connectivity index (χ4n) is 1.64. The molecule has 0 aromatic heterocycles. The summed E-state index contributed by atoms with van der Waals surface area (Å²) in [6.45, 7) is 0. The second kappa shape index (κ2) is 6.65. The topological polar surface area (TPSA) is 46.2 Å². The first kappa shape index (κ1) is 14.7. The van der Waals surface area contributed by atoms with Gasteiger partial charge in [-0.25, -0.2) is 0 Å². The molecule has 0 aliphatic rings. The van der Waals surface area contributed by atoms with Crippen molar-refractivity contribution in [1.29, 1.82) is 0 Å². The van der Waals surface area contributed by atoms with Crippen molar-refractivity contribution >= 4 is 15.7 Å². The minimum absolute atomic E-state index is 0.387. The molecule has 0 bridgehead atoms. The molecule has 3 nitrogen and oxygen atoms in total. The smallest absolute Gasteiger partial charge is 0.273 e. The Morgan fingerprint density at radius 3 is 2.29 bits per heavy atom. The number of sulfonamides is 1. The molecule has 0 fully saturated rings. The zero-order valence-corrected chi connectivity index (χ0v) is 12.0. The van der Waals surface area contributed by atoms with Crippen LogP contribution >= 0.6 is 0 Å². The van der Waals surface area contributed by atoms with Crippen LogP contribution in [0.4, 0.5) is 5.69 Å². The largest absolute Gasteiger partial charge is 0.301 e. The Bertz CT molecular complexity index is 805. The molecular formula is C17H13NO2S. The lowest BCUT2D eigenvalue weighted by Gasteiger charge is -2.02. The maximum absolute atomic E-state index is 11.8. The predicted octanol–water partition coefficient (Wildman–Crippen LogP) is 2.61. The van der Waals surface area contributed by atoms with Gasteiger partial charge in [0.1, 0.15) is 0 Å². The highest BCUT2D eigenvalue weighted by Crippen LogP contribution is 2.10. The minimum Gasteiger partial charge on any atom is -0.273 e. The van der Waals surface area contributed by atoms with Gasteiger partial charge in [0, 0.05) is 22.9 Å². The van der Waals surface area contributed by atoms with Crippen molar-refractivity contribution in [2.24, 2.45) is 0 Å². The molecule has 0 saturated carbocycles. The fraction of sp³-hybridized carbons (Fsp3) is 0.0588. The van der Waals surface area contributed by atoms with E-state index in [-0.39, 0.29) is 0 Å². The molecular weight excluding hydrogens is 282 g/mol. The SMILES string of the molecule is C#Cc1ccc(NS(=O)(=O)C#CCc2ccccc2)cc1. The van der Waals surface area contributed by atoms with Crippen LogP contribution in [-0.4, -0.2) is 8.42 Å². The molecule has 4 heteroatoms. The van der Waals surface area contributed by atoms with Crippen molar-refractivity contribution in [2.75, 3.05) is 4.72 Å². The number of nitrogens with one attached hydrogen (secondary N) is 1. The summed E-state index contributed by atoms with van der Waals surface area (Å²) in [4.78, 5) is 0. The molecule has 0 aliphatic heterocycles. The Morgan fingerprint density at radius 1 is 1.00 bits per heavy atom. The Kier molecular flexibility index (Phi) is 4.66. The van der Waals surface area contributed by atoms with E-state index in [0.29, 0.717) is 17.7 Å². The quantitative estimate of drug-likeness (QED) is 0.885. The summed E-state index contributed by atoms with van der Waals surface area (Å²) in [5.41, 5.74) is 2.09. The standard InChI is InChI=1S/C17H13NO2S/c1-2-15-10-12-17(13-11-15)18-21(19,20)14-6-9-16-7-4-3-5-8-16/h1,3-5,7-8,10-13,18H,9H2. The van der Waals surface area contributed by atoms with Gasteiger partial charge in [-0.1, -0.05) is 42.2 Å². The van der Waals surface area contributed by atoms with Gasteiger partial charge in [-0.15, -0.1) is 6.42 Å². The molecule has 0 unspecified atom stereocenters. The second-order valence-electron chi connectivity index (χ2n) is 4.27. The Hall–Kier alpha value is -2.69. The number of benzene rings is 2. The van der Waals surface area contributed by atoms with E-state index in [0.717, 1.165) is 5.56 Å². The number of rotatable bonds is 3. The van der Waals surface area contributed by atoms with Crippen LogP contribution in [0.3, 0.4) is 0 Å². The minimum atomic E-state index is -3.69. The van der Waals surface area contributed by atoms with E-state index in [9.17, 15) is 8.42 Å². The Balaban J connectivity index is 2.04. The molecule has 1 N–H and O–H groups in total. The predicted molar refractivity (Wildman–Crippen MR) is 84.8 cm³/mol. The normalized spacial score (nSPS) is 10.0. The van der Waals surface area contributed by atoms with Crippen molar-refractivity contribution < 1.29 is 8.42 Å². The molecule has 0 amide bonds. The molecule has 104 valence electrons. The van der Waals surface area contributed by atoms with Crippen LogP contribution in [-0.2, 0) is 16.4 Å². The number of anilines is 1. The molecule has 21 heavy (non-hydrogen) atoms. The summed E-state index contributed by atoms with van der Waals surface area (Å²) in [5.74, 6) is 5.12. The molecule has 0 radical (unpaired) electrons. The number of terminal acetylenes is 1. The third-order valence-electron chi connectivity index (χ3n) is 2.65. The van der Waals surface area contributed by atoms with Crippen LogP contribution in [0.1, 0.15) is 11.1 Å². The fourth-order valence-corrected chi connectivity index (χ4v) is 2.40. The van der Waals surface area contributed by atoms with Crippen LogP contribution in [0.5, 0.6) is 0 Å². The first-order chi connectivity index (χ1) is 10.1. The van der Waals surface area contributed by atoms with E-state index in [4.69, 9.17) is 6.42 Å². The van der Waals surface area contributed by atoms with Gasteiger partial charge in [-0.05, 0) is 29.8 Å². The van der Waals surface area contributed by atoms with Crippen molar-refractivity contribution in [3.63, 3.8) is 0 Å². The van der Waals surface area contributed by atoms with Crippen LogP contribution in [0.2, 0.25) is 0 Å². The monoisotopic (exact) mass is 295 g/mol. The van der Waals surface area contributed by atoms with E-state index in [1.807, 2.05) is 30.3 Å². The van der Waals surface area contributed by atoms with Gasteiger partial charge in [0.05, 0.1) is 0 Å². The third-order valence-corrected chi connectivity index (χ3v) is 3.56. The van der Waals surface area contributed by atoms with Gasteiger partial charge >= 0.3 is 10.0 Å². The van der Waals surface area contributed by atoms with Crippen molar-refractivity contribution in [3.05, 3.63) is 65.7 Å². The highest BCUT2D eigenvalue weighted by atomic mass is 32.2. The summed E-state index contributed by atoms with van der Waals surface area (Å²) in [7, 11) is -3.69. The Labute approximate surface area is 125 Å². The molecule has 2 rings (SSSR count). The second-order valence-corrected chi connectivity index (χ2v) is 5.68. The van der Waals surface area contributed by atoms with Gasteiger partial charge in [-0.2, -0.15) is 8.42 Å². The van der Waals surface area contributed by atoms with Crippen LogP contribution in [0.25, 0.3) is 0 Å².